The second-order valence-corrected chi connectivity index (χ2v) is 13.3. The number of carbonyl (C=O) groups excluding carboxylic acids is 7. The third-order valence-corrected chi connectivity index (χ3v) is 8.69. The minimum absolute atomic E-state index is 0.0829. The lowest BCUT2D eigenvalue weighted by atomic mass is 10.0. The quantitative estimate of drug-likeness (QED) is 0.0523. The van der Waals surface area contributed by atoms with Crippen LogP contribution >= 0.6 is 0 Å². The van der Waals surface area contributed by atoms with Gasteiger partial charge in [-0.25, -0.2) is 4.79 Å². The molecule has 2 aromatic rings. The Labute approximate surface area is 331 Å². The maximum Gasteiger partial charge on any atom is 0.326 e. The van der Waals surface area contributed by atoms with Gasteiger partial charge in [0.25, 0.3) is 0 Å². The van der Waals surface area contributed by atoms with E-state index in [1.807, 2.05) is 0 Å². The zero-order chi connectivity index (χ0) is 42.8. The molecule has 21 nitrogen and oxygen atoms in total. The molecular formula is C37H46N8O13. The van der Waals surface area contributed by atoms with Crippen molar-refractivity contribution >= 4 is 59.3 Å². The zero-order valence-electron chi connectivity index (χ0n) is 31.1. The molecule has 0 radical (unpaired) electrons. The molecule has 3 rings (SSSR count). The molecule has 0 saturated carbocycles. The first kappa shape index (κ1) is 45.5. The molecule has 0 aromatic heterocycles. The van der Waals surface area contributed by atoms with Crippen LogP contribution in [-0.2, 0) is 60.8 Å². The molecule has 21 heteroatoms. The van der Waals surface area contributed by atoms with E-state index in [2.05, 4.69) is 37.2 Å². The van der Waals surface area contributed by atoms with Crippen LogP contribution in [0, 0.1) is 0 Å². The summed E-state index contributed by atoms with van der Waals surface area (Å²) in [6.45, 7) is -0.271. The molecule has 0 aliphatic carbocycles. The molecule has 1 heterocycles. The van der Waals surface area contributed by atoms with Crippen molar-refractivity contribution in [1.82, 2.24) is 37.2 Å². The number of amides is 7. The zero-order valence-corrected chi connectivity index (χ0v) is 31.1. The molecule has 6 atom stereocenters. The van der Waals surface area contributed by atoms with E-state index in [-0.39, 0.29) is 12.8 Å². The number of aliphatic carboxylic acids is 3. The van der Waals surface area contributed by atoms with Crippen LogP contribution in [0.3, 0.4) is 0 Å². The van der Waals surface area contributed by atoms with E-state index >= 15 is 0 Å². The molecule has 312 valence electrons. The number of rotatable bonds is 23. The Morgan fingerprint density at radius 2 is 1.07 bits per heavy atom. The van der Waals surface area contributed by atoms with Crippen LogP contribution in [0.5, 0.6) is 0 Å². The average molecular weight is 811 g/mol. The van der Waals surface area contributed by atoms with Gasteiger partial charge in [0, 0.05) is 12.8 Å². The maximum absolute atomic E-state index is 13.7. The molecule has 1 saturated heterocycles. The van der Waals surface area contributed by atoms with Crippen molar-refractivity contribution in [3.05, 3.63) is 71.8 Å². The monoisotopic (exact) mass is 810 g/mol. The normalized spacial score (nSPS) is 15.8. The van der Waals surface area contributed by atoms with E-state index in [1.54, 1.807) is 60.7 Å². The molecular weight excluding hydrogens is 764 g/mol. The first-order valence-electron chi connectivity index (χ1n) is 18.1. The minimum atomic E-state index is -1.94. The number of nitrogens with two attached hydrogens (primary N) is 1. The summed E-state index contributed by atoms with van der Waals surface area (Å²) in [5.41, 5.74) is 6.35. The summed E-state index contributed by atoms with van der Waals surface area (Å²) in [5, 5.41) is 45.0. The van der Waals surface area contributed by atoms with E-state index in [0.717, 1.165) is 0 Å². The SMILES string of the molecule is NC(=O)C[C@H](NC(=O)[C@H](CC(=O)O)NC(=O)[C@H](Cc1ccccc1)NC(=O)[C@H](CC(=O)O)NC(=O)[C@@H]1CCCN1)C(=O)NCC(=O)N[C@@H](Cc1ccccc1)C(=O)O. The lowest BCUT2D eigenvalue weighted by molar-refractivity contribution is -0.142. The molecule has 0 spiro atoms. The highest BCUT2D eigenvalue weighted by atomic mass is 16.4. The predicted molar refractivity (Wildman–Crippen MR) is 200 cm³/mol. The summed E-state index contributed by atoms with van der Waals surface area (Å²) in [7, 11) is 0. The molecule has 1 fully saturated rings. The smallest absolute Gasteiger partial charge is 0.326 e. The fraction of sp³-hybridized carbons (Fsp3) is 0.405. The average Bonchev–Trinajstić information content (AvgIpc) is 3.71. The lowest BCUT2D eigenvalue weighted by Crippen LogP contribution is -2.60. The Hall–Kier alpha value is -6.90. The third kappa shape index (κ3) is 15.7. The number of carbonyl (C=O) groups is 10. The van der Waals surface area contributed by atoms with Crippen LogP contribution in [-0.4, -0.2) is 124 Å². The second-order valence-electron chi connectivity index (χ2n) is 13.3. The molecule has 7 amide bonds. The summed E-state index contributed by atoms with van der Waals surface area (Å²) in [5.74, 6) is -11.7. The fourth-order valence-corrected chi connectivity index (χ4v) is 5.82. The lowest BCUT2D eigenvalue weighted by Gasteiger charge is -2.26. The number of benzene rings is 2. The Kier molecular flexibility index (Phi) is 17.7. The fourth-order valence-electron chi connectivity index (χ4n) is 5.82. The van der Waals surface area contributed by atoms with Crippen LogP contribution in [0.15, 0.2) is 60.7 Å². The highest BCUT2D eigenvalue weighted by Gasteiger charge is 2.35. The predicted octanol–water partition coefficient (Wildman–Crippen LogP) is -3.33. The van der Waals surface area contributed by atoms with Crippen LogP contribution in [0.2, 0.25) is 0 Å². The summed E-state index contributed by atoms with van der Waals surface area (Å²) < 4.78 is 0. The summed E-state index contributed by atoms with van der Waals surface area (Å²) in [6.07, 6.45) is -1.99. The van der Waals surface area contributed by atoms with Gasteiger partial charge in [-0.15, -0.1) is 0 Å². The number of hydrogen-bond donors (Lipinski definition) is 11. The van der Waals surface area contributed by atoms with Gasteiger partial charge in [-0.3, -0.25) is 43.2 Å². The highest BCUT2D eigenvalue weighted by molar-refractivity contribution is 5.99. The first-order valence-corrected chi connectivity index (χ1v) is 18.1. The van der Waals surface area contributed by atoms with Crippen molar-refractivity contribution in [2.45, 2.75) is 81.2 Å². The van der Waals surface area contributed by atoms with Crippen molar-refractivity contribution in [3.63, 3.8) is 0 Å². The van der Waals surface area contributed by atoms with Crippen LogP contribution in [0.25, 0.3) is 0 Å². The standard InChI is InChI=1S/C37H46N8O13/c38-28(46)16-24(32(52)40-19-29(47)41-27(37(57)58)15-21-10-5-2-6-11-21)43-36(56)26(18-31(50)51)45-34(54)23(14-20-8-3-1-4-9-20)42-35(55)25(17-30(48)49)44-33(53)22-12-7-13-39-22/h1-6,8-11,22-27,39H,7,12-19H2,(H2,38,46)(H,40,52)(H,41,47)(H,42,55)(H,43,56)(H,44,53)(H,45,54)(H,48,49)(H,50,51)(H,57,58)/t22-,23-,24-,25-,26-,27-/m0/s1. The van der Waals surface area contributed by atoms with Gasteiger partial charge < -0.3 is 58.3 Å². The maximum atomic E-state index is 13.7. The Bertz CT molecular complexity index is 1820. The Morgan fingerprint density at radius 3 is 1.53 bits per heavy atom. The molecule has 0 unspecified atom stereocenters. The van der Waals surface area contributed by atoms with Crippen LogP contribution < -0.4 is 43.0 Å². The number of hydrogen-bond acceptors (Lipinski definition) is 11. The van der Waals surface area contributed by atoms with E-state index in [1.165, 1.54) is 0 Å². The van der Waals surface area contributed by atoms with Gasteiger partial charge in [-0.1, -0.05) is 60.7 Å². The van der Waals surface area contributed by atoms with E-state index in [9.17, 15) is 63.3 Å². The second kappa shape index (κ2) is 22.6. The first-order chi connectivity index (χ1) is 27.5. The number of nitrogens with one attached hydrogen (secondary N) is 7. The van der Waals surface area contributed by atoms with Gasteiger partial charge >= 0.3 is 17.9 Å². The molecule has 2 aromatic carbocycles. The van der Waals surface area contributed by atoms with Crippen molar-refractivity contribution in [2.75, 3.05) is 13.1 Å². The summed E-state index contributed by atoms with van der Waals surface area (Å²) >= 11 is 0. The Balaban J connectivity index is 1.75. The van der Waals surface area contributed by atoms with Gasteiger partial charge in [0.15, 0.2) is 0 Å². The van der Waals surface area contributed by atoms with Gasteiger partial charge in [-0.2, -0.15) is 0 Å². The van der Waals surface area contributed by atoms with Crippen LogP contribution in [0.1, 0.15) is 43.2 Å². The Morgan fingerprint density at radius 1 is 0.603 bits per heavy atom. The number of carboxylic acids is 3. The van der Waals surface area contributed by atoms with Crippen molar-refractivity contribution in [1.29, 1.82) is 0 Å². The van der Waals surface area contributed by atoms with Gasteiger partial charge in [0.05, 0.1) is 31.8 Å². The largest absolute Gasteiger partial charge is 0.481 e. The molecule has 1 aliphatic rings. The van der Waals surface area contributed by atoms with Crippen molar-refractivity contribution < 1.29 is 63.3 Å². The van der Waals surface area contributed by atoms with Gasteiger partial charge in [-0.05, 0) is 30.5 Å². The summed E-state index contributed by atoms with van der Waals surface area (Å²) in [4.78, 5) is 126. The van der Waals surface area contributed by atoms with Crippen LogP contribution in [0.4, 0.5) is 0 Å². The molecule has 0 bridgehead atoms. The topological polar surface area (TPSA) is 342 Å². The third-order valence-electron chi connectivity index (χ3n) is 8.69. The van der Waals surface area contributed by atoms with Gasteiger partial charge in [0.1, 0.15) is 30.2 Å². The molecule has 12 N–H and O–H groups in total. The van der Waals surface area contributed by atoms with E-state index < -0.39 is 121 Å². The minimum Gasteiger partial charge on any atom is -0.481 e. The number of primary amides is 1. The molecule has 58 heavy (non-hydrogen) atoms. The van der Waals surface area contributed by atoms with E-state index in [4.69, 9.17) is 5.73 Å². The van der Waals surface area contributed by atoms with Crippen molar-refractivity contribution in [3.8, 4) is 0 Å². The molecule has 1 aliphatic heterocycles. The number of carboxylic acid groups (broad SMARTS) is 3. The summed E-state index contributed by atoms with van der Waals surface area (Å²) in [6, 6.07) is 7.47. The van der Waals surface area contributed by atoms with E-state index in [0.29, 0.717) is 30.5 Å². The van der Waals surface area contributed by atoms with Gasteiger partial charge in [0.2, 0.25) is 41.4 Å². The van der Waals surface area contributed by atoms with Crippen molar-refractivity contribution in [2.24, 2.45) is 5.73 Å². The highest BCUT2D eigenvalue weighted by Crippen LogP contribution is 2.09.